The van der Waals surface area contributed by atoms with Crippen LogP contribution in [-0.2, 0) is 17.9 Å². The van der Waals surface area contributed by atoms with Crippen molar-refractivity contribution in [1.29, 1.82) is 0 Å². The van der Waals surface area contributed by atoms with Gasteiger partial charge in [-0.15, -0.1) is 0 Å². The Bertz CT molecular complexity index is 663. The Kier molecular flexibility index (Phi) is 6.20. The van der Waals surface area contributed by atoms with E-state index in [0.29, 0.717) is 6.54 Å². The van der Waals surface area contributed by atoms with Crippen LogP contribution in [0.4, 0.5) is 0 Å². The molecule has 1 heterocycles. The molecule has 25 heavy (non-hydrogen) atoms. The molecule has 0 aliphatic carbocycles. The minimum Gasteiger partial charge on any atom is -0.350 e. The highest BCUT2D eigenvalue weighted by atomic mass is 16.2. The van der Waals surface area contributed by atoms with Crippen molar-refractivity contribution in [3.63, 3.8) is 0 Å². The fraction of sp³-hybridized carbons (Fsp3) is 0.381. The van der Waals surface area contributed by atoms with E-state index in [4.69, 9.17) is 5.73 Å². The lowest BCUT2D eigenvalue weighted by Crippen LogP contribution is -2.33. The number of rotatable bonds is 6. The highest BCUT2D eigenvalue weighted by Crippen LogP contribution is 2.14. The molecule has 1 unspecified atom stereocenters. The molecule has 3 rings (SSSR count). The quantitative estimate of drug-likeness (QED) is 0.852. The first kappa shape index (κ1) is 17.6. The average Bonchev–Trinajstić information content (AvgIpc) is 2.68. The number of nitrogens with one attached hydrogen (secondary N) is 1. The molecule has 1 fully saturated rings. The zero-order chi connectivity index (χ0) is 17.5. The molecule has 2 aromatic rings. The van der Waals surface area contributed by atoms with E-state index >= 15 is 0 Å². The minimum absolute atomic E-state index is 0.149. The molecule has 1 amide bonds. The normalized spacial score (nSPS) is 16.4. The Hall–Kier alpha value is -2.17. The van der Waals surface area contributed by atoms with Crippen LogP contribution in [0.15, 0.2) is 54.6 Å². The molecule has 1 aliphatic heterocycles. The van der Waals surface area contributed by atoms with Crippen LogP contribution in [0.3, 0.4) is 0 Å². The number of nitrogens with two attached hydrogens (primary N) is 1. The van der Waals surface area contributed by atoms with E-state index in [2.05, 4.69) is 34.5 Å². The van der Waals surface area contributed by atoms with Crippen LogP contribution in [0.2, 0.25) is 0 Å². The highest BCUT2D eigenvalue weighted by molar-refractivity contribution is 5.82. The van der Waals surface area contributed by atoms with Crippen molar-refractivity contribution in [2.24, 2.45) is 5.73 Å². The van der Waals surface area contributed by atoms with E-state index < -0.39 is 6.04 Å². The number of benzene rings is 2. The summed E-state index contributed by atoms with van der Waals surface area (Å²) in [6.45, 7) is 3.93. The van der Waals surface area contributed by atoms with Gasteiger partial charge in [0.15, 0.2) is 0 Å². The lowest BCUT2D eigenvalue weighted by molar-refractivity contribution is -0.122. The summed E-state index contributed by atoms with van der Waals surface area (Å²) in [6.07, 6.45) is 3.98. The predicted molar refractivity (Wildman–Crippen MR) is 101 cm³/mol. The number of likely N-dealkylation sites (tertiary alicyclic amines) is 1. The third-order valence-electron chi connectivity index (χ3n) is 4.79. The molecule has 0 saturated carbocycles. The molecule has 1 atom stereocenters. The van der Waals surface area contributed by atoms with Crippen LogP contribution < -0.4 is 11.1 Å². The molecule has 4 nitrogen and oxygen atoms in total. The van der Waals surface area contributed by atoms with Crippen molar-refractivity contribution >= 4 is 5.91 Å². The van der Waals surface area contributed by atoms with Crippen LogP contribution >= 0.6 is 0 Å². The van der Waals surface area contributed by atoms with E-state index in [-0.39, 0.29) is 5.91 Å². The first-order chi connectivity index (χ1) is 12.2. The first-order valence-electron chi connectivity index (χ1n) is 9.11. The number of hydrogen-bond acceptors (Lipinski definition) is 3. The van der Waals surface area contributed by atoms with E-state index in [0.717, 1.165) is 17.7 Å². The zero-order valence-corrected chi connectivity index (χ0v) is 14.7. The number of piperidine rings is 1. The van der Waals surface area contributed by atoms with Crippen LogP contribution in [0, 0.1) is 0 Å². The Balaban J connectivity index is 1.49. The molecule has 0 spiro atoms. The van der Waals surface area contributed by atoms with Crippen molar-refractivity contribution in [3.05, 3.63) is 71.3 Å². The highest BCUT2D eigenvalue weighted by Gasteiger charge is 2.15. The van der Waals surface area contributed by atoms with Gasteiger partial charge in [-0.05, 0) is 42.6 Å². The fourth-order valence-corrected chi connectivity index (χ4v) is 3.25. The molecule has 2 aromatic carbocycles. The molecule has 0 bridgehead atoms. The summed E-state index contributed by atoms with van der Waals surface area (Å²) in [5.74, 6) is -0.149. The average molecular weight is 337 g/mol. The zero-order valence-electron chi connectivity index (χ0n) is 14.7. The number of carbonyl (C=O) groups excluding carboxylic acids is 1. The van der Waals surface area contributed by atoms with Gasteiger partial charge in [0.1, 0.15) is 6.04 Å². The van der Waals surface area contributed by atoms with Gasteiger partial charge in [0, 0.05) is 13.1 Å². The minimum atomic E-state index is -0.625. The van der Waals surface area contributed by atoms with E-state index in [1.807, 2.05) is 30.3 Å². The van der Waals surface area contributed by atoms with Gasteiger partial charge in [-0.1, -0.05) is 61.0 Å². The van der Waals surface area contributed by atoms with Gasteiger partial charge in [0.05, 0.1) is 0 Å². The van der Waals surface area contributed by atoms with Gasteiger partial charge >= 0.3 is 0 Å². The van der Waals surface area contributed by atoms with Gasteiger partial charge in [-0.3, -0.25) is 9.69 Å². The van der Waals surface area contributed by atoms with Gasteiger partial charge in [-0.2, -0.15) is 0 Å². The largest absolute Gasteiger partial charge is 0.350 e. The number of nitrogens with zero attached hydrogens (tertiary/aromatic N) is 1. The second kappa shape index (κ2) is 8.79. The van der Waals surface area contributed by atoms with Gasteiger partial charge < -0.3 is 11.1 Å². The molecule has 4 heteroatoms. The topological polar surface area (TPSA) is 58.4 Å². The second-order valence-electron chi connectivity index (χ2n) is 6.76. The van der Waals surface area contributed by atoms with Crippen molar-refractivity contribution in [2.75, 3.05) is 13.1 Å². The first-order valence-corrected chi connectivity index (χ1v) is 9.11. The molecular formula is C21H27N3O. The van der Waals surface area contributed by atoms with Gasteiger partial charge in [-0.25, -0.2) is 0 Å². The van der Waals surface area contributed by atoms with E-state index in [9.17, 15) is 4.79 Å². The van der Waals surface area contributed by atoms with E-state index in [1.54, 1.807) is 0 Å². The predicted octanol–water partition coefficient (Wildman–Crippen LogP) is 2.99. The molecule has 1 saturated heterocycles. The monoisotopic (exact) mass is 337 g/mol. The van der Waals surface area contributed by atoms with E-state index in [1.165, 1.54) is 37.9 Å². The van der Waals surface area contributed by atoms with Crippen LogP contribution in [0.25, 0.3) is 0 Å². The van der Waals surface area contributed by atoms with Crippen molar-refractivity contribution < 1.29 is 4.79 Å². The summed E-state index contributed by atoms with van der Waals surface area (Å²) in [7, 11) is 0. The lowest BCUT2D eigenvalue weighted by Gasteiger charge is -2.26. The van der Waals surface area contributed by atoms with Gasteiger partial charge in [0.25, 0.3) is 0 Å². The van der Waals surface area contributed by atoms with Crippen LogP contribution in [0.1, 0.15) is 42.0 Å². The van der Waals surface area contributed by atoms with Gasteiger partial charge in [0.2, 0.25) is 5.91 Å². The summed E-state index contributed by atoms with van der Waals surface area (Å²) in [6, 6.07) is 17.3. The maximum absolute atomic E-state index is 12.2. The maximum atomic E-state index is 12.2. The molecule has 3 N–H and O–H groups in total. The Morgan fingerprint density at radius 1 is 0.960 bits per heavy atom. The number of carbonyl (C=O) groups is 1. The van der Waals surface area contributed by atoms with Crippen molar-refractivity contribution in [1.82, 2.24) is 10.2 Å². The summed E-state index contributed by atoms with van der Waals surface area (Å²) in [5, 5.41) is 2.92. The third kappa shape index (κ3) is 5.15. The molecular weight excluding hydrogens is 310 g/mol. The summed E-state index contributed by atoms with van der Waals surface area (Å²) in [5.41, 5.74) is 9.27. The summed E-state index contributed by atoms with van der Waals surface area (Å²) >= 11 is 0. The smallest absolute Gasteiger partial charge is 0.241 e. The van der Waals surface area contributed by atoms with Crippen molar-refractivity contribution in [3.8, 4) is 0 Å². The third-order valence-corrected chi connectivity index (χ3v) is 4.79. The number of hydrogen-bond donors (Lipinski definition) is 2. The Morgan fingerprint density at radius 3 is 2.28 bits per heavy atom. The van der Waals surface area contributed by atoms with Crippen LogP contribution in [-0.4, -0.2) is 23.9 Å². The Labute approximate surface area is 150 Å². The van der Waals surface area contributed by atoms with Crippen LogP contribution in [0.5, 0.6) is 0 Å². The second-order valence-corrected chi connectivity index (χ2v) is 6.76. The summed E-state index contributed by atoms with van der Waals surface area (Å²) in [4.78, 5) is 14.7. The molecule has 132 valence electrons. The Morgan fingerprint density at radius 2 is 1.60 bits per heavy atom. The standard InChI is InChI=1S/C21H27N3O/c22-20(19-7-3-1-4-8-19)21(25)23-15-17-9-11-18(12-10-17)16-24-13-5-2-6-14-24/h1,3-4,7-12,20H,2,5-6,13-16,22H2,(H,23,25). The molecule has 0 radical (unpaired) electrons. The lowest BCUT2D eigenvalue weighted by atomic mass is 10.1. The maximum Gasteiger partial charge on any atom is 0.241 e. The summed E-state index contributed by atoms with van der Waals surface area (Å²) < 4.78 is 0. The SMILES string of the molecule is NC(C(=O)NCc1ccc(CN2CCCCC2)cc1)c1ccccc1. The number of amides is 1. The molecule has 1 aliphatic rings. The fourth-order valence-electron chi connectivity index (χ4n) is 3.25. The molecule has 0 aromatic heterocycles. The van der Waals surface area contributed by atoms with Crippen molar-refractivity contribution in [2.45, 2.75) is 38.4 Å².